The molecule has 0 saturated carbocycles. The molecule has 0 aliphatic heterocycles. The molecule has 98 valence electrons. The van der Waals surface area contributed by atoms with Crippen molar-refractivity contribution in [2.45, 2.75) is 13.0 Å². The van der Waals surface area contributed by atoms with Gasteiger partial charge < -0.3 is 4.74 Å². The molecular weight excluding hydrogens is 272 g/mol. The number of halogens is 1. The average Bonchev–Trinajstić information content (AvgIpc) is 2.89. The molecule has 0 saturated heterocycles. The lowest BCUT2D eigenvalue weighted by molar-refractivity contribution is 0.401. The van der Waals surface area contributed by atoms with Crippen LogP contribution < -0.4 is 16.0 Å². The third kappa shape index (κ3) is 2.12. The van der Waals surface area contributed by atoms with Crippen molar-refractivity contribution in [3.05, 3.63) is 32.7 Å². The Kier molecular flexibility index (Phi) is 3.91. The summed E-state index contributed by atoms with van der Waals surface area (Å²) in [5, 5.41) is 6.91. The second kappa shape index (κ2) is 5.27. The average molecular weight is 287 g/mol. The van der Waals surface area contributed by atoms with Crippen molar-refractivity contribution in [3.63, 3.8) is 0 Å². The highest BCUT2D eigenvalue weighted by Crippen LogP contribution is 2.37. The number of aromatic nitrogens is 2. The Bertz CT molecular complexity index is 551. The molecule has 18 heavy (non-hydrogen) atoms. The van der Waals surface area contributed by atoms with Crippen molar-refractivity contribution < 1.29 is 4.74 Å². The van der Waals surface area contributed by atoms with E-state index in [1.54, 1.807) is 29.3 Å². The summed E-state index contributed by atoms with van der Waals surface area (Å²) in [6, 6.07) is -0.237. The Labute approximate surface area is 114 Å². The Balaban J connectivity index is 2.51. The van der Waals surface area contributed by atoms with E-state index in [2.05, 4.69) is 10.5 Å². The lowest BCUT2D eigenvalue weighted by Gasteiger charge is -2.17. The van der Waals surface area contributed by atoms with Crippen LogP contribution in [0.1, 0.15) is 22.2 Å². The zero-order chi connectivity index (χ0) is 13.3. The molecule has 7 heteroatoms. The van der Waals surface area contributed by atoms with E-state index >= 15 is 0 Å². The van der Waals surface area contributed by atoms with E-state index in [0.717, 1.165) is 21.2 Å². The van der Waals surface area contributed by atoms with Gasteiger partial charge in [0.1, 0.15) is 11.7 Å². The van der Waals surface area contributed by atoms with Gasteiger partial charge in [-0.25, -0.2) is 5.43 Å². The Morgan fingerprint density at radius 2 is 2.33 bits per heavy atom. The first-order valence-corrected chi connectivity index (χ1v) is 6.61. The summed E-state index contributed by atoms with van der Waals surface area (Å²) in [5.74, 6) is 6.35. The van der Waals surface area contributed by atoms with E-state index < -0.39 is 0 Å². The van der Waals surface area contributed by atoms with Crippen LogP contribution in [-0.2, 0) is 7.05 Å². The van der Waals surface area contributed by atoms with Gasteiger partial charge in [-0.2, -0.15) is 5.10 Å². The smallest absolute Gasteiger partial charge is 0.162 e. The predicted molar refractivity (Wildman–Crippen MR) is 73.0 cm³/mol. The minimum Gasteiger partial charge on any atom is -0.493 e. The zero-order valence-corrected chi connectivity index (χ0v) is 12.0. The summed E-state index contributed by atoms with van der Waals surface area (Å²) in [6.45, 7) is 1.97. The molecule has 5 nitrogen and oxygen atoms in total. The van der Waals surface area contributed by atoms with Gasteiger partial charge in [0.25, 0.3) is 0 Å². The number of nitrogens with one attached hydrogen (secondary N) is 1. The maximum atomic E-state index is 6.29. The number of methoxy groups -OCH3 is 1. The third-order valence-corrected chi connectivity index (χ3v) is 4.58. The van der Waals surface area contributed by atoms with Crippen molar-refractivity contribution in [2.75, 3.05) is 7.11 Å². The molecule has 0 aliphatic carbocycles. The number of ether oxygens (including phenoxy) is 1. The van der Waals surface area contributed by atoms with Crippen LogP contribution in [0.4, 0.5) is 0 Å². The van der Waals surface area contributed by atoms with Crippen molar-refractivity contribution in [1.29, 1.82) is 0 Å². The number of hydrazine groups is 1. The topological polar surface area (TPSA) is 65.1 Å². The highest BCUT2D eigenvalue weighted by Gasteiger charge is 2.25. The first-order valence-electron chi connectivity index (χ1n) is 5.35. The van der Waals surface area contributed by atoms with Crippen LogP contribution in [0.25, 0.3) is 0 Å². The van der Waals surface area contributed by atoms with Crippen molar-refractivity contribution in [2.24, 2.45) is 12.9 Å². The molecule has 2 aromatic rings. The van der Waals surface area contributed by atoms with Crippen LogP contribution in [-0.4, -0.2) is 16.9 Å². The molecule has 2 aromatic heterocycles. The van der Waals surface area contributed by atoms with E-state index in [1.165, 1.54) is 0 Å². The Morgan fingerprint density at radius 1 is 1.61 bits per heavy atom. The van der Waals surface area contributed by atoms with Crippen LogP contribution in [0.3, 0.4) is 0 Å². The maximum absolute atomic E-state index is 6.29. The maximum Gasteiger partial charge on any atom is 0.162 e. The first kappa shape index (κ1) is 13.4. The highest BCUT2D eigenvalue weighted by atomic mass is 35.5. The summed E-state index contributed by atoms with van der Waals surface area (Å²) in [7, 11) is 3.45. The van der Waals surface area contributed by atoms with Gasteiger partial charge in [0, 0.05) is 11.9 Å². The SMILES string of the molecule is COc1cnn(C)c1C(NN)c1scc(C)c1Cl. The standard InChI is InChI=1S/C11H15ClN4OS/c1-6-5-18-11(8(6)12)9(15-13)10-7(17-3)4-14-16(10)2/h4-5,9,15H,13H2,1-3H3. The largest absolute Gasteiger partial charge is 0.493 e. The van der Waals surface area contributed by atoms with Gasteiger partial charge >= 0.3 is 0 Å². The number of thiophene rings is 1. The summed E-state index contributed by atoms with van der Waals surface area (Å²) >= 11 is 7.86. The van der Waals surface area contributed by atoms with E-state index in [9.17, 15) is 0 Å². The molecule has 1 atom stereocenters. The van der Waals surface area contributed by atoms with Crippen molar-refractivity contribution in [3.8, 4) is 5.75 Å². The lowest BCUT2D eigenvalue weighted by Crippen LogP contribution is -2.30. The Morgan fingerprint density at radius 3 is 2.83 bits per heavy atom. The molecule has 2 heterocycles. The number of hydrogen-bond donors (Lipinski definition) is 2. The molecule has 0 fully saturated rings. The number of nitrogens with two attached hydrogens (primary N) is 1. The molecular formula is C11H15ClN4OS. The normalized spacial score (nSPS) is 12.7. The minimum absolute atomic E-state index is 0.237. The molecule has 0 radical (unpaired) electrons. The monoisotopic (exact) mass is 286 g/mol. The number of hydrogen-bond acceptors (Lipinski definition) is 5. The fraction of sp³-hybridized carbons (Fsp3) is 0.364. The second-order valence-electron chi connectivity index (χ2n) is 3.92. The molecule has 2 rings (SSSR count). The first-order chi connectivity index (χ1) is 8.60. The van der Waals surface area contributed by atoms with Gasteiger partial charge in [-0.1, -0.05) is 11.6 Å². The van der Waals surface area contributed by atoms with Crippen LogP contribution in [0.5, 0.6) is 5.75 Å². The van der Waals surface area contributed by atoms with E-state index in [0.29, 0.717) is 5.75 Å². The summed E-state index contributed by atoms with van der Waals surface area (Å²) in [5.41, 5.74) is 4.67. The second-order valence-corrected chi connectivity index (χ2v) is 5.21. The summed E-state index contributed by atoms with van der Waals surface area (Å²) < 4.78 is 7.03. The minimum atomic E-state index is -0.237. The van der Waals surface area contributed by atoms with Gasteiger partial charge in [0.2, 0.25) is 0 Å². The number of nitrogens with zero attached hydrogens (tertiary/aromatic N) is 2. The van der Waals surface area contributed by atoms with Crippen LogP contribution in [0, 0.1) is 6.92 Å². The number of aryl methyl sites for hydroxylation is 2. The molecule has 0 spiro atoms. The van der Waals surface area contributed by atoms with Gasteiger partial charge in [-0.3, -0.25) is 10.5 Å². The molecule has 0 aromatic carbocycles. The lowest BCUT2D eigenvalue weighted by atomic mass is 10.1. The van der Waals surface area contributed by atoms with Gasteiger partial charge in [0.15, 0.2) is 5.75 Å². The van der Waals surface area contributed by atoms with Crippen molar-refractivity contribution >= 4 is 22.9 Å². The van der Waals surface area contributed by atoms with Crippen LogP contribution in [0.2, 0.25) is 5.02 Å². The molecule has 1 unspecified atom stereocenters. The fourth-order valence-electron chi connectivity index (χ4n) is 1.84. The quantitative estimate of drug-likeness (QED) is 0.666. The van der Waals surface area contributed by atoms with Crippen LogP contribution >= 0.6 is 22.9 Å². The Hall–Kier alpha value is -1.08. The van der Waals surface area contributed by atoms with E-state index in [-0.39, 0.29) is 6.04 Å². The van der Waals surface area contributed by atoms with Gasteiger partial charge in [-0.05, 0) is 17.9 Å². The zero-order valence-electron chi connectivity index (χ0n) is 10.4. The molecule has 0 aliphatic rings. The summed E-state index contributed by atoms with van der Waals surface area (Å²) in [6.07, 6.45) is 1.66. The molecule has 3 N–H and O–H groups in total. The molecule has 0 amide bonds. The predicted octanol–water partition coefficient (Wildman–Crippen LogP) is 2.00. The van der Waals surface area contributed by atoms with Crippen molar-refractivity contribution in [1.82, 2.24) is 15.2 Å². The third-order valence-electron chi connectivity index (χ3n) is 2.80. The van der Waals surface area contributed by atoms with E-state index in [1.807, 2.05) is 19.4 Å². The highest BCUT2D eigenvalue weighted by molar-refractivity contribution is 7.10. The van der Waals surface area contributed by atoms with Gasteiger partial charge in [0.05, 0.1) is 18.3 Å². The fourth-order valence-corrected chi connectivity index (χ4v) is 3.20. The molecule has 0 bridgehead atoms. The van der Waals surface area contributed by atoms with E-state index in [4.69, 9.17) is 22.2 Å². The summed E-state index contributed by atoms with van der Waals surface area (Å²) in [4.78, 5) is 0.957. The number of rotatable bonds is 4. The van der Waals surface area contributed by atoms with Crippen LogP contribution in [0.15, 0.2) is 11.6 Å². The van der Waals surface area contributed by atoms with Gasteiger partial charge in [-0.15, -0.1) is 11.3 Å².